The summed E-state index contributed by atoms with van der Waals surface area (Å²) in [5.74, 6) is 2.26. The minimum Gasteiger partial charge on any atom is -0.381 e. The monoisotopic (exact) mass is 310 g/mol. The molecule has 1 unspecified atom stereocenters. The second-order valence-electron chi connectivity index (χ2n) is 6.71. The Morgan fingerprint density at radius 2 is 2.05 bits per heavy atom. The van der Waals surface area contributed by atoms with E-state index in [-0.39, 0.29) is 12.5 Å². The largest absolute Gasteiger partial charge is 0.381 e. The molecule has 2 fully saturated rings. The minimum absolute atomic E-state index is 0.0360. The van der Waals surface area contributed by atoms with Crippen molar-refractivity contribution in [2.24, 2.45) is 16.8 Å². The Labute approximate surface area is 133 Å². The van der Waals surface area contributed by atoms with Gasteiger partial charge in [0, 0.05) is 46.3 Å². The van der Waals surface area contributed by atoms with Gasteiger partial charge in [-0.15, -0.1) is 0 Å². The summed E-state index contributed by atoms with van der Waals surface area (Å²) in [4.78, 5) is 20.2. The lowest BCUT2D eigenvalue weighted by Gasteiger charge is -2.33. The number of aliphatic imine (C=N–C) groups is 1. The van der Waals surface area contributed by atoms with Crippen LogP contribution in [-0.2, 0) is 9.53 Å². The average Bonchev–Trinajstić information content (AvgIpc) is 3.01. The van der Waals surface area contributed by atoms with Crippen LogP contribution < -0.4 is 5.32 Å². The van der Waals surface area contributed by atoms with Crippen LogP contribution in [0.4, 0.5) is 0 Å². The standard InChI is InChI=1S/C16H30N4O2/c1-13-4-7-20(8-5-13)16(18-11-15(21)19(2)3)17-10-14-6-9-22-12-14/h13-14H,4-12H2,1-3H3,(H,17,18). The lowest BCUT2D eigenvalue weighted by molar-refractivity contribution is -0.127. The Morgan fingerprint density at radius 3 is 2.64 bits per heavy atom. The van der Waals surface area contributed by atoms with Gasteiger partial charge in [0.05, 0.1) is 6.61 Å². The highest BCUT2D eigenvalue weighted by molar-refractivity contribution is 5.84. The first kappa shape index (κ1) is 17.1. The molecule has 0 bridgehead atoms. The number of rotatable bonds is 4. The molecule has 0 saturated carbocycles. The molecule has 0 radical (unpaired) electrons. The topological polar surface area (TPSA) is 57.2 Å². The molecule has 1 N–H and O–H groups in total. The Hall–Kier alpha value is -1.30. The van der Waals surface area contributed by atoms with Crippen molar-refractivity contribution in [1.82, 2.24) is 15.1 Å². The van der Waals surface area contributed by atoms with E-state index >= 15 is 0 Å². The minimum atomic E-state index is 0.0360. The predicted molar refractivity (Wildman–Crippen MR) is 87.9 cm³/mol. The molecular weight excluding hydrogens is 280 g/mol. The van der Waals surface area contributed by atoms with Crippen molar-refractivity contribution < 1.29 is 9.53 Å². The maximum Gasteiger partial charge on any atom is 0.243 e. The molecule has 1 atom stereocenters. The highest BCUT2D eigenvalue weighted by Gasteiger charge is 2.21. The van der Waals surface area contributed by atoms with E-state index in [9.17, 15) is 4.79 Å². The van der Waals surface area contributed by atoms with Gasteiger partial charge >= 0.3 is 0 Å². The van der Waals surface area contributed by atoms with Gasteiger partial charge in [-0.25, -0.2) is 4.99 Å². The summed E-state index contributed by atoms with van der Waals surface area (Å²) in [7, 11) is 3.53. The van der Waals surface area contributed by atoms with Gasteiger partial charge < -0.3 is 19.9 Å². The van der Waals surface area contributed by atoms with Crippen LogP contribution in [0.15, 0.2) is 4.99 Å². The summed E-state index contributed by atoms with van der Waals surface area (Å²) in [6, 6.07) is 0. The van der Waals surface area contributed by atoms with Gasteiger partial charge in [0.25, 0.3) is 0 Å². The van der Waals surface area contributed by atoms with Crippen LogP contribution in [-0.4, -0.2) is 75.2 Å². The molecule has 0 aromatic carbocycles. The predicted octanol–water partition coefficient (Wildman–Crippen LogP) is 0.789. The SMILES string of the molecule is CC1CCN(C(=NCC(=O)N(C)C)NCC2CCOC2)CC1. The van der Waals surface area contributed by atoms with Gasteiger partial charge in [-0.3, -0.25) is 4.79 Å². The quantitative estimate of drug-likeness (QED) is 0.616. The molecule has 2 aliphatic rings. The number of likely N-dealkylation sites (tertiary alicyclic amines) is 1. The number of ether oxygens (including phenoxy) is 1. The fourth-order valence-electron chi connectivity index (χ4n) is 2.75. The number of amides is 1. The lowest BCUT2D eigenvalue weighted by atomic mass is 9.99. The summed E-state index contributed by atoms with van der Waals surface area (Å²) < 4.78 is 5.42. The molecule has 22 heavy (non-hydrogen) atoms. The molecule has 6 heteroatoms. The number of guanidine groups is 1. The first-order valence-corrected chi connectivity index (χ1v) is 8.37. The van der Waals surface area contributed by atoms with E-state index in [0.29, 0.717) is 5.92 Å². The number of carbonyl (C=O) groups is 1. The molecule has 2 aliphatic heterocycles. The summed E-state index contributed by atoms with van der Waals surface area (Å²) >= 11 is 0. The number of hydrogen-bond donors (Lipinski definition) is 1. The van der Waals surface area contributed by atoms with Crippen molar-refractivity contribution in [2.45, 2.75) is 26.2 Å². The summed E-state index contributed by atoms with van der Waals surface area (Å²) in [5.41, 5.74) is 0. The summed E-state index contributed by atoms with van der Waals surface area (Å²) in [5, 5.41) is 3.47. The van der Waals surface area contributed by atoms with Gasteiger partial charge in [0.15, 0.2) is 5.96 Å². The van der Waals surface area contributed by atoms with E-state index in [0.717, 1.165) is 51.1 Å². The van der Waals surface area contributed by atoms with Crippen LogP contribution in [0.1, 0.15) is 26.2 Å². The number of nitrogens with one attached hydrogen (secondary N) is 1. The van der Waals surface area contributed by atoms with Crippen molar-refractivity contribution in [3.8, 4) is 0 Å². The van der Waals surface area contributed by atoms with E-state index in [2.05, 4.69) is 22.1 Å². The van der Waals surface area contributed by atoms with Crippen LogP contribution >= 0.6 is 0 Å². The maximum atomic E-state index is 11.8. The van der Waals surface area contributed by atoms with Gasteiger partial charge in [0.2, 0.25) is 5.91 Å². The number of nitrogens with zero attached hydrogens (tertiary/aromatic N) is 3. The Bertz CT molecular complexity index is 384. The Morgan fingerprint density at radius 1 is 1.32 bits per heavy atom. The second-order valence-corrected chi connectivity index (χ2v) is 6.71. The zero-order valence-corrected chi connectivity index (χ0v) is 14.2. The summed E-state index contributed by atoms with van der Waals surface area (Å²) in [6.45, 7) is 7.11. The molecule has 2 saturated heterocycles. The molecule has 2 heterocycles. The van der Waals surface area contributed by atoms with Crippen LogP contribution in [0.25, 0.3) is 0 Å². The molecule has 0 aromatic heterocycles. The number of hydrogen-bond acceptors (Lipinski definition) is 3. The van der Waals surface area contributed by atoms with E-state index < -0.39 is 0 Å². The van der Waals surface area contributed by atoms with Crippen molar-refractivity contribution in [3.63, 3.8) is 0 Å². The van der Waals surface area contributed by atoms with Gasteiger partial charge in [0.1, 0.15) is 6.54 Å². The van der Waals surface area contributed by atoms with Crippen molar-refractivity contribution >= 4 is 11.9 Å². The van der Waals surface area contributed by atoms with Crippen LogP contribution in [0, 0.1) is 11.8 Å². The highest BCUT2D eigenvalue weighted by atomic mass is 16.5. The zero-order valence-electron chi connectivity index (χ0n) is 14.2. The van der Waals surface area contributed by atoms with Gasteiger partial charge in [-0.2, -0.15) is 0 Å². The number of carbonyl (C=O) groups excluding carboxylic acids is 1. The first-order valence-electron chi connectivity index (χ1n) is 8.37. The number of likely N-dealkylation sites (N-methyl/N-ethyl adjacent to an activating group) is 1. The van der Waals surface area contributed by atoms with Gasteiger partial charge in [-0.1, -0.05) is 6.92 Å². The van der Waals surface area contributed by atoms with Crippen molar-refractivity contribution in [3.05, 3.63) is 0 Å². The zero-order chi connectivity index (χ0) is 15.9. The van der Waals surface area contributed by atoms with E-state index in [1.165, 1.54) is 12.8 Å². The Balaban J connectivity index is 1.92. The molecule has 0 spiro atoms. The fourth-order valence-corrected chi connectivity index (χ4v) is 2.75. The number of piperidine rings is 1. The molecule has 0 aliphatic carbocycles. The highest BCUT2D eigenvalue weighted by Crippen LogP contribution is 2.16. The second kappa shape index (κ2) is 8.36. The fraction of sp³-hybridized carbons (Fsp3) is 0.875. The van der Waals surface area contributed by atoms with Crippen LogP contribution in [0.5, 0.6) is 0 Å². The van der Waals surface area contributed by atoms with Crippen molar-refractivity contribution in [2.75, 3.05) is 53.5 Å². The lowest BCUT2D eigenvalue weighted by Crippen LogP contribution is -2.47. The molecule has 2 rings (SSSR count). The van der Waals surface area contributed by atoms with Crippen LogP contribution in [0.3, 0.4) is 0 Å². The first-order chi connectivity index (χ1) is 10.6. The Kier molecular flexibility index (Phi) is 6.49. The average molecular weight is 310 g/mol. The molecule has 6 nitrogen and oxygen atoms in total. The van der Waals surface area contributed by atoms with E-state index in [1.807, 2.05) is 0 Å². The molecule has 1 amide bonds. The van der Waals surface area contributed by atoms with Crippen LogP contribution in [0.2, 0.25) is 0 Å². The van der Waals surface area contributed by atoms with Crippen molar-refractivity contribution in [1.29, 1.82) is 0 Å². The van der Waals surface area contributed by atoms with Gasteiger partial charge in [-0.05, 0) is 25.2 Å². The molecular formula is C16H30N4O2. The third-order valence-corrected chi connectivity index (χ3v) is 4.52. The molecule has 126 valence electrons. The third kappa shape index (κ3) is 5.16. The maximum absolute atomic E-state index is 11.8. The summed E-state index contributed by atoms with van der Waals surface area (Å²) in [6.07, 6.45) is 3.48. The van der Waals surface area contributed by atoms with E-state index in [4.69, 9.17) is 4.74 Å². The van der Waals surface area contributed by atoms with E-state index in [1.54, 1.807) is 19.0 Å². The molecule has 0 aromatic rings. The normalized spacial score (nSPS) is 23.7. The third-order valence-electron chi connectivity index (χ3n) is 4.52. The smallest absolute Gasteiger partial charge is 0.243 e.